The van der Waals surface area contributed by atoms with Crippen LogP contribution in [0.15, 0.2) is 23.1 Å². The molecule has 1 unspecified atom stereocenters. The molecule has 1 aromatic rings. The smallest absolute Gasteiger partial charge is 0.240 e. The van der Waals surface area contributed by atoms with Crippen molar-refractivity contribution < 1.29 is 8.42 Å². The van der Waals surface area contributed by atoms with Crippen molar-refractivity contribution in [2.75, 3.05) is 37.7 Å². The molecule has 0 saturated carbocycles. The Bertz CT molecular complexity index is 559. The summed E-state index contributed by atoms with van der Waals surface area (Å²) in [5.74, 6) is 0.558. The first-order chi connectivity index (χ1) is 8.88. The zero-order valence-electron chi connectivity index (χ0n) is 11.0. The summed E-state index contributed by atoms with van der Waals surface area (Å²) in [7, 11) is -1.68. The normalized spacial score (nSPS) is 20.6. The van der Waals surface area contributed by atoms with Crippen molar-refractivity contribution in [2.24, 2.45) is 11.1 Å². The van der Waals surface area contributed by atoms with Crippen molar-refractivity contribution in [2.45, 2.75) is 11.3 Å². The third-order valence-corrected chi connectivity index (χ3v) is 4.41. The SMILES string of the molecule is CN1CCC(CNc2cccc(S(N)(=O)=O)c2N)C1. The molecule has 0 aliphatic carbocycles. The Labute approximate surface area is 113 Å². The monoisotopic (exact) mass is 284 g/mol. The van der Waals surface area contributed by atoms with E-state index in [0.717, 1.165) is 26.1 Å². The van der Waals surface area contributed by atoms with E-state index in [1.165, 1.54) is 6.07 Å². The molecule has 5 N–H and O–H groups in total. The van der Waals surface area contributed by atoms with Crippen LogP contribution >= 0.6 is 0 Å². The molecule has 1 aliphatic rings. The molecule has 6 nitrogen and oxygen atoms in total. The first-order valence-corrected chi connectivity index (χ1v) is 7.76. The minimum absolute atomic E-state index is 0.0268. The minimum atomic E-state index is -3.78. The number of sulfonamides is 1. The van der Waals surface area contributed by atoms with Crippen LogP contribution in [0.5, 0.6) is 0 Å². The maximum Gasteiger partial charge on any atom is 0.240 e. The van der Waals surface area contributed by atoms with Crippen molar-refractivity contribution in [1.82, 2.24) is 4.90 Å². The van der Waals surface area contributed by atoms with Gasteiger partial charge < -0.3 is 16.0 Å². The van der Waals surface area contributed by atoms with E-state index >= 15 is 0 Å². The van der Waals surface area contributed by atoms with E-state index in [4.69, 9.17) is 10.9 Å². The van der Waals surface area contributed by atoms with Crippen molar-refractivity contribution in [1.29, 1.82) is 0 Å². The van der Waals surface area contributed by atoms with Crippen LogP contribution in [0.1, 0.15) is 6.42 Å². The number of nitrogen functional groups attached to an aromatic ring is 1. The number of primary sulfonamides is 1. The maximum atomic E-state index is 11.4. The molecule has 7 heteroatoms. The molecule has 0 aromatic heterocycles. The van der Waals surface area contributed by atoms with Gasteiger partial charge in [-0.15, -0.1) is 0 Å². The second-order valence-corrected chi connectivity index (χ2v) is 6.59. The number of hydrogen-bond acceptors (Lipinski definition) is 5. The highest BCUT2D eigenvalue weighted by Crippen LogP contribution is 2.26. The molecule has 2 rings (SSSR count). The van der Waals surface area contributed by atoms with Gasteiger partial charge in [0.25, 0.3) is 0 Å². The third kappa shape index (κ3) is 3.37. The Hall–Kier alpha value is -1.31. The highest BCUT2D eigenvalue weighted by atomic mass is 32.2. The number of nitrogens with two attached hydrogens (primary N) is 2. The van der Waals surface area contributed by atoms with Gasteiger partial charge in [-0.2, -0.15) is 0 Å². The van der Waals surface area contributed by atoms with Crippen LogP contribution in [0.3, 0.4) is 0 Å². The van der Waals surface area contributed by atoms with Crippen LogP contribution < -0.4 is 16.2 Å². The number of rotatable bonds is 4. The van der Waals surface area contributed by atoms with Crippen molar-refractivity contribution in [3.8, 4) is 0 Å². The van der Waals surface area contributed by atoms with Gasteiger partial charge in [0.05, 0.1) is 11.4 Å². The first-order valence-electron chi connectivity index (χ1n) is 6.21. The lowest BCUT2D eigenvalue weighted by atomic mass is 10.1. The van der Waals surface area contributed by atoms with Gasteiger partial charge in [0.2, 0.25) is 10.0 Å². The molecule has 1 atom stereocenters. The number of hydrogen-bond donors (Lipinski definition) is 3. The van der Waals surface area contributed by atoms with Crippen LogP contribution in [0.25, 0.3) is 0 Å². The summed E-state index contributed by atoms with van der Waals surface area (Å²) < 4.78 is 22.7. The van der Waals surface area contributed by atoms with E-state index in [1.807, 2.05) is 0 Å². The highest BCUT2D eigenvalue weighted by molar-refractivity contribution is 7.89. The van der Waals surface area contributed by atoms with Gasteiger partial charge in [-0.3, -0.25) is 0 Å². The first kappa shape index (κ1) is 14.1. The van der Waals surface area contributed by atoms with Crippen molar-refractivity contribution >= 4 is 21.4 Å². The van der Waals surface area contributed by atoms with E-state index in [0.29, 0.717) is 11.6 Å². The summed E-state index contributed by atoms with van der Waals surface area (Å²) in [5.41, 5.74) is 6.67. The molecule has 0 amide bonds. The fourth-order valence-corrected chi connectivity index (χ4v) is 3.08. The van der Waals surface area contributed by atoms with E-state index in [2.05, 4.69) is 17.3 Å². The average molecular weight is 284 g/mol. The predicted octanol–water partition coefficient (Wildman–Crippen LogP) is 0.280. The van der Waals surface area contributed by atoms with Gasteiger partial charge in [0.1, 0.15) is 4.90 Å². The largest absolute Gasteiger partial charge is 0.396 e. The van der Waals surface area contributed by atoms with Crippen molar-refractivity contribution in [3.05, 3.63) is 18.2 Å². The highest BCUT2D eigenvalue weighted by Gasteiger charge is 2.20. The zero-order chi connectivity index (χ0) is 14.0. The predicted molar refractivity (Wildman–Crippen MR) is 76.3 cm³/mol. The lowest BCUT2D eigenvalue weighted by Gasteiger charge is -2.15. The topological polar surface area (TPSA) is 101 Å². The number of benzene rings is 1. The molecule has 1 aliphatic heterocycles. The van der Waals surface area contributed by atoms with Gasteiger partial charge in [-0.25, -0.2) is 13.6 Å². The van der Waals surface area contributed by atoms with Gasteiger partial charge in [0.15, 0.2) is 0 Å². The zero-order valence-corrected chi connectivity index (χ0v) is 11.8. The molecule has 1 aromatic carbocycles. The summed E-state index contributed by atoms with van der Waals surface area (Å²) >= 11 is 0. The summed E-state index contributed by atoms with van der Waals surface area (Å²) in [6, 6.07) is 4.82. The molecule has 19 heavy (non-hydrogen) atoms. The Morgan fingerprint density at radius 1 is 1.47 bits per heavy atom. The van der Waals surface area contributed by atoms with E-state index in [1.54, 1.807) is 12.1 Å². The Morgan fingerprint density at radius 2 is 2.21 bits per heavy atom. The summed E-state index contributed by atoms with van der Waals surface area (Å²) in [5, 5.41) is 8.34. The van der Waals surface area contributed by atoms with Crippen LogP contribution in [0.2, 0.25) is 0 Å². The molecular weight excluding hydrogens is 264 g/mol. The van der Waals surface area contributed by atoms with Crippen molar-refractivity contribution in [3.63, 3.8) is 0 Å². The number of nitrogens with one attached hydrogen (secondary N) is 1. The standard InChI is InChI=1S/C12H20N4O2S/c1-16-6-5-9(8-16)7-15-10-3-2-4-11(12(10)13)19(14,17)18/h2-4,9,15H,5-8,13H2,1H3,(H2,14,17,18). The Kier molecular flexibility index (Phi) is 3.98. The summed E-state index contributed by atoms with van der Waals surface area (Å²) in [6.07, 6.45) is 1.14. The lowest BCUT2D eigenvalue weighted by Crippen LogP contribution is -2.20. The van der Waals surface area contributed by atoms with Gasteiger partial charge in [-0.1, -0.05) is 6.07 Å². The molecule has 1 saturated heterocycles. The molecule has 106 valence electrons. The van der Waals surface area contributed by atoms with E-state index in [-0.39, 0.29) is 10.6 Å². The van der Waals surface area contributed by atoms with Crippen LogP contribution in [-0.4, -0.2) is 40.0 Å². The quantitative estimate of drug-likeness (QED) is 0.689. The number of nitrogens with zero attached hydrogens (tertiary/aromatic N) is 1. The molecule has 1 heterocycles. The minimum Gasteiger partial charge on any atom is -0.396 e. The lowest BCUT2D eigenvalue weighted by molar-refractivity contribution is 0.399. The van der Waals surface area contributed by atoms with Gasteiger partial charge >= 0.3 is 0 Å². The Morgan fingerprint density at radius 3 is 2.79 bits per heavy atom. The Balaban J connectivity index is 2.09. The number of para-hydroxylation sites is 1. The van der Waals surface area contributed by atoms with Gasteiger partial charge in [0, 0.05) is 13.1 Å². The third-order valence-electron chi connectivity index (χ3n) is 3.44. The summed E-state index contributed by atoms with van der Waals surface area (Å²) in [4.78, 5) is 2.25. The molecule has 0 spiro atoms. The molecular formula is C12H20N4O2S. The van der Waals surface area contributed by atoms with Crippen LogP contribution in [-0.2, 0) is 10.0 Å². The molecule has 0 radical (unpaired) electrons. The second-order valence-electron chi connectivity index (χ2n) is 5.06. The molecule has 1 fully saturated rings. The van der Waals surface area contributed by atoms with E-state index in [9.17, 15) is 8.42 Å². The maximum absolute atomic E-state index is 11.4. The van der Waals surface area contributed by atoms with Gasteiger partial charge in [-0.05, 0) is 38.1 Å². The number of anilines is 2. The number of likely N-dealkylation sites (tertiary alicyclic amines) is 1. The van der Waals surface area contributed by atoms with Crippen LogP contribution in [0, 0.1) is 5.92 Å². The summed E-state index contributed by atoms with van der Waals surface area (Å²) in [6.45, 7) is 2.92. The fraction of sp³-hybridized carbons (Fsp3) is 0.500. The second kappa shape index (κ2) is 5.36. The fourth-order valence-electron chi connectivity index (χ4n) is 2.39. The average Bonchev–Trinajstić information content (AvgIpc) is 2.72. The van der Waals surface area contributed by atoms with E-state index < -0.39 is 10.0 Å². The molecule has 0 bridgehead atoms. The van der Waals surface area contributed by atoms with Crippen LogP contribution in [0.4, 0.5) is 11.4 Å².